The van der Waals surface area contributed by atoms with E-state index in [4.69, 9.17) is 5.11 Å². The highest BCUT2D eigenvalue weighted by Crippen LogP contribution is 2.24. The maximum Gasteiger partial charge on any atom is 0.0446 e. The molecule has 1 atom stereocenters. The first-order valence-electron chi connectivity index (χ1n) is 6.71. The number of thioether (sulfide) groups is 1. The van der Waals surface area contributed by atoms with E-state index in [0.29, 0.717) is 6.04 Å². The van der Waals surface area contributed by atoms with Gasteiger partial charge >= 0.3 is 0 Å². The summed E-state index contributed by atoms with van der Waals surface area (Å²) in [7, 11) is 0. The van der Waals surface area contributed by atoms with Crippen LogP contribution in [0.3, 0.4) is 0 Å². The van der Waals surface area contributed by atoms with E-state index in [9.17, 15) is 0 Å². The molecule has 18 heavy (non-hydrogen) atoms. The number of nitrogens with one attached hydrogen (secondary N) is 1. The van der Waals surface area contributed by atoms with Crippen LogP contribution in [0.15, 0.2) is 23.1 Å². The minimum Gasteiger partial charge on any atom is -0.396 e. The van der Waals surface area contributed by atoms with Crippen molar-refractivity contribution in [3.63, 3.8) is 0 Å². The summed E-state index contributed by atoms with van der Waals surface area (Å²) in [6.07, 6.45) is 1.97. The van der Waals surface area contributed by atoms with E-state index in [2.05, 4.69) is 44.3 Å². The first kappa shape index (κ1) is 15.5. The van der Waals surface area contributed by atoms with Crippen LogP contribution >= 0.6 is 11.8 Å². The molecule has 1 aromatic carbocycles. The Bertz CT molecular complexity index is 354. The van der Waals surface area contributed by atoms with Gasteiger partial charge in [0.2, 0.25) is 0 Å². The van der Waals surface area contributed by atoms with Crippen molar-refractivity contribution < 1.29 is 5.11 Å². The van der Waals surface area contributed by atoms with Gasteiger partial charge in [0, 0.05) is 23.3 Å². The summed E-state index contributed by atoms with van der Waals surface area (Å²) in [4.78, 5) is 1.35. The van der Waals surface area contributed by atoms with Gasteiger partial charge in [-0.25, -0.2) is 0 Å². The van der Waals surface area contributed by atoms with Crippen LogP contribution in [0.25, 0.3) is 0 Å². The van der Waals surface area contributed by atoms with Gasteiger partial charge < -0.3 is 10.4 Å². The number of rotatable bonds is 8. The molecule has 0 aliphatic carbocycles. The van der Waals surface area contributed by atoms with Crippen LogP contribution in [0.5, 0.6) is 0 Å². The number of hydrogen-bond donors (Lipinski definition) is 2. The molecule has 3 heteroatoms. The molecule has 0 aliphatic heterocycles. The molecule has 0 radical (unpaired) electrons. The van der Waals surface area contributed by atoms with Crippen LogP contribution in [0.1, 0.15) is 30.9 Å². The van der Waals surface area contributed by atoms with Crippen molar-refractivity contribution in [1.82, 2.24) is 5.32 Å². The van der Waals surface area contributed by atoms with E-state index < -0.39 is 0 Å². The summed E-state index contributed by atoms with van der Waals surface area (Å²) in [5.74, 6) is 1.02. The Labute approximate surface area is 115 Å². The normalized spacial score (nSPS) is 12.7. The van der Waals surface area contributed by atoms with Gasteiger partial charge in [-0.2, -0.15) is 0 Å². The van der Waals surface area contributed by atoms with Crippen molar-refractivity contribution in [2.75, 3.05) is 18.9 Å². The Hall–Kier alpha value is -0.510. The summed E-state index contributed by atoms with van der Waals surface area (Å²) in [6.45, 7) is 7.74. The van der Waals surface area contributed by atoms with Crippen molar-refractivity contribution in [1.29, 1.82) is 0 Å². The zero-order chi connectivity index (χ0) is 13.4. The lowest BCUT2D eigenvalue weighted by Gasteiger charge is -2.17. The predicted octanol–water partition coefficient (Wildman–Crippen LogP) is 3.15. The lowest BCUT2D eigenvalue weighted by Crippen LogP contribution is -2.32. The highest BCUT2D eigenvalue weighted by Gasteiger charge is 2.08. The highest BCUT2D eigenvalue weighted by atomic mass is 32.2. The fraction of sp³-hybridized carbons (Fsp3) is 0.600. The Kier molecular flexibility index (Phi) is 7.40. The standard InChI is InChI=1S/C15H25NOS/c1-4-8-16-14(7-9-17)11-18-15-6-5-12(2)10-13(15)3/h5-6,10,14,16-17H,4,7-9,11H2,1-3H3. The quantitative estimate of drug-likeness (QED) is 0.710. The Morgan fingerprint density at radius 2 is 2.11 bits per heavy atom. The number of aliphatic hydroxyl groups is 1. The molecule has 0 amide bonds. The summed E-state index contributed by atoms with van der Waals surface area (Å²) >= 11 is 1.88. The van der Waals surface area contributed by atoms with Gasteiger partial charge in [0.1, 0.15) is 0 Å². The average molecular weight is 267 g/mol. The first-order chi connectivity index (χ1) is 8.67. The van der Waals surface area contributed by atoms with Crippen LogP contribution in [0.2, 0.25) is 0 Å². The van der Waals surface area contributed by atoms with Gasteiger partial charge in [-0.3, -0.25) is 0 Å². The molecule has 0 saturated carbocycles. The zero-order valence-corrected chi connectivity index (χ0v) is 12.5. The van der Waals surface area contributed by atoms with E-state index in [-0.39, 0.29) is 6.61 Å². The zero-order valence-electron chi connectivity index (χ0n) is 11.7. The largest absolute Gasteiger partial charge is 0.396 e. The lowest BCUT2D eigenvalue weighted by molar-refractivity contribution is 0.270. The molecule has 0 heterocycles. The van der Waals surface area contributed by atoms with Crippen LogP contribution < -0.4 is 5.32 Å². The van der Waals surface area contributed by atoms with Gasteiger partial charge in [-0.15, -0.1) is 11.8 Å². The third kappa shape index (κ3) is 5.42. The van der Waals surface area contributed by atoms with Crippen molar-refractivity contribution in [2.24, 2.45) is 0 Å². The summed E-state index contributed by atoms with van der Waals surface area (Å²) < 4.78 is 0. The molecule has 0 bridgehead atoms. The van der Waals surface area contributed by atoms with Crippen LogP contribution in [-0.2, 0) is 0 Å². The van der Waals surface area contributed by atoms with Gasteiger partial charge in [-0.05, 0) is 44.9 Å². The molecule has 0 saturated heterocycles. The fourth-order valence-electron chi connectivity index (χ4n) is 1.90. The summed E-state index contributed by atoms with van der Waals surface area (Å²) in [6, 6.07) is 6.99. The van der Waals surface area contributed by atoms with Crippen molar-refractivity contribution >= 4 is 11.8 Å². The summed E-state index contributed by atoms with van der Waals surface area (Å²) in [5, 5.41) is 12.6. The number of aliphatic hydroxyl groups excluding tert-OH is 1. The molecule has 0 aromatic heterocycles. The summed E-state index contributed by atoms with van der Waals surface area (Å²) in [5.41, 5.74) is 2.66. The SMILES string of the molecule is CCCNC(CCO)CSc1ccc(C)cc1C. The monoisotopic (exact) mass is 267 g/mol. The molecule has 2 nitrogen and oxygen atoms in total. The molecule has 1 aromatic rings. The molecular weight excluding hydrogens is 242 g/mol. The van der Waals surface area contributed by atoms with Gasteiger partial charge in [0.05, 0.1) is 0 Å². The maximum absolute atomic E-state index is 9.07. The second kappa shape index (κ2) is 8.57. The van der Waals surface area contributed by atoms with E-state index in [1.807, 2.05) is 11.8 Å². The Balaban J connectivity index is 2.49. The third-order valence-corrected chi connectivity index (χ3v) is 4.27. The minimum atomic E-state index is 0.259. The van der Waals surface area contributed by atoms with Crippen LogP contribution in [-0.4, -0.2) is 30.1 Å². The molecule has 1 rings (SSSR count). The second-order valence-electron chi connectivity index (χ2n) is 4.74. The molecule has 1 unspecified atom stereocenters. The second-order valence-corrected chi connectivity index (χ2v) is 5.81. The highest BCUT2D eigenvalue weighted by molar-refractivity contribution is 7.99. The van der Waals surface area contributed by atoms with E-state index in [1.165, 1.54) is 16.0 Å². The minimum absolute atomic E-state index is 0.259. The van der Waals surface area contributed by atoms with E-state index in [1.54, 1.807) is 0 Å². The van der Waals surface area contributed by atoms with Crippen molar-refractivity contribution in [3.8, 4) is 0 Å². The molecule has 0 aliphatic rings. The number of benzene rings is 1. The first-order valence-corrected chi connectivity index (χ1v) is 7.70. The van der Waals surface area contributed by atoms with Crippen LogP contribution in [0, 0.1) is 13.8 Å². The lowest BCUT2D eigenvalue weighted by atomic mass is 10.2. The topological polar surface area (TPSA) is 32.3 Å². The van der Waals surface area contributed by atoms with Gasteiger partial charge in [0.15, 0.2) is 0 Å². The predicted molar refractivity (Wildman–Crippen MR) is 80.4 cm³/mol. The van der Waals surface area contributed by atoms with Crippen molar-refractivity contribution in [3.05, 3.63) is 29.3 Å². The average Bonchev–Trinajstić information content (AvgIpc) is 2.34. The Morgan fingerprint density at radius 1 is 1.33 bits per heavy atom. The molecule has 102 valence electrons. The number of aryl methyl sites for hydroxylation is 2. The molecule has 0 spiro atoms. The molecule has 2 N–H and O–H groups in total. The van der Waals surface area contributed by atoms with Crippen molar-refractivity contribution in [2.45, 2.75) is 44.6 Å². The van der Waals surface area contributed by atoms with Gasteiger partial charge in [-0.1, -0.05) is 24.6 Å². The Morgan fingerprint density at radius 3 is 2.72 bits per heavy atom. The molecule has 0 fully saturated rings. The molecular formula is C15H25NOS. The van der Waals surface area contributed by atoms with Gasteiger partial charge in [0.25, 0.3) is 0 Å². The third-order valence-electron chi connectivity index (χ3n) is 2.93. The maximum atomic E-state index is 9.07. The fourth-order valence-corrected chi connectivity index (χ4v) is 3.02. The van der Waals surface area contributed by atoms with E-state index >= 15 is 0 Å². The smallest absolute Gasteiger partial charge is 0.0446 e. The van der Waals surface area contributed by atoms with Crippen LogP contribution in [0.4, 0.5) is 0 Å². The number of hydrogen-bond acceptors (Lipinski definition) is 3. The van der Waals surface area contributed by atoms with E-state index in [0.717, 1.165) is 25.1 Å².